The lowest BCUT2D eigenvalue weighted by atomic mass is 10.1. The number of likely N-dealkylation sites (N-methyl/N-ethyl adjacent to an activating group) is 1. The standard InChI is InChI=1S/C22H28N4O4S2/c1-5-17-14-22(23-21-11-10-19(15-20(17)21)25-32(4,29)30)26(2)13-12-16-6-8-18(9-7-16)24-31(3,27)28/h6-11,14-15,24-25H,5,12-13H2,1-4H3. The molecule has 2 N–H and O–H groups in total. The molecule has 1 aromatic heterocycles. The smallest absolute Gasteiger partial charge is 0.229 e. The summed E-state index contributed by atoms with van der Waals surface area (Å²) in [6.45, 7) is 2.79. The van der Waals surface area contributed by atoms with Crippen molar-refractivity contribution in [1.82, 2.24) is 4.98 Å². The number of aromatic nitrogens is 1. The normalized spacial score (nSPS) is 12.0. The lowest BCUT2D eigenvalue weighted by Crippen LogP contribution is -2.21. The molecule has 3 rings (SSSR count). The van der Waals surface area contributed by atoms with Crippen molar-refractivity contribution >= 4 is 48.1 Å². The van der Waals surface area contributed by atoms with Crippen LogP contribution in [-0.2, 0) is 32.9 Å². The van der Waals surface area contributed by atoms with Crippen molar-refractivity contribution < 1.29 is 16.8 Å². The molecule has 0 unspecified atom stereocenters. The van der Waals surface area contributed by atoms with Crippen LogP contribution in [0.5, 0.6) is 0 Å². The summed E-state index contributed by atoms with van der Waals surface area (Å²) in [6.07, 6.45) is 3.81. The molecule has 8 nitrogen and oxygen atoms in total. The number of pyridine rings is 1. The third-order valence-corrected chi connectivity index (χ3v) is 6.16. The quantitative estimate of drug-likeness (QED) is 0.491. The van der Waals surface area contributed by atoms with E-state index in [2.05, 4.69) is 21.3 Å². The Kier molecular flexibility index (Phi) is 6.94. The van der Waals surface area contributed by atoms with Gasteiger partial charge in [-0.25, -0.2) is 21.8 Å². The van der Waals surface area contributed by atoms with Crippen LogP contribution in [0.3, 0.4) is 0 Å². The van der Waals surface area contributed by atoms with Crippen LogP contribution in [0, 0.1) is 0 Å². The minimum Gasteiger partial charge on any atom is -0.359 e. The molecule has 10 heteroatoms. The molecule has 0 fully saturated rings. The van der Waals surface area contributed by atoms with Crippen molar-refractivity contribution in [3.8, 4) is 0 Å². The third-order valence-electron chi connectivity index (χ3n) is 4.95. The second kappa shape index (κ2) is 9.33. The predicted molar refractivity (Wildman–Crippen MR) is 131 cm³/mol. The highest BCUT2D eigenvalue weighted by molar-refractivity contribution is 7.92. The second-order valence-corrected chi connectivity index (χ2v) is 11.3. The van der Waals surface area contributed by atoms with E-state index in [1.165, 1.54) is 0 Å². The van der Waals surface area contributed by atoms with Gasteiger partial charge in [0.2, 0.25) is 20.0 Å². The highest BCUT2D eigenvalue weighted by Gasteiger charge is 2.11. The number of sulfonamides is 2. The van der Waals surface area contributed by atoms with Crippen molar-refractivity contribution in [1.29, 1.82) is 0 Å². The Balaban J connectivity index is 1.76. The van der Waals surface area contributed by atoms with Crippen LogP contribution in [0.2, 0.25) is 0 Å². The summed E-state index contributed by atoms with van der Waals surface area (Å²) < 4.78 is 50.7. The molecule has 0 saturated heterocycles. The van der Waals surface area contributed by atoms with Crippen molar-refractivity contribution in [2.24, 2.45) is 0 Å². The Morgan fingerprint density at radius 3 is 2.06 bits per heavy atom. The minimum atomic E-state index is -3.34. The number of benzene rings is 2. The maximum absolute atomic E-state index is 11.5. The zero-order valence-electron chi connectivity index (χ0n) is 18.6. The molecule has 0 saturated carbocycles. The summed E-state index contributed by atoms with van der Waals surface area (Å²) >= 11 is 0. The van der Waals surface area contributed by atoms with E-state index in [0.717, 1.165) is 59.7 Å². The van der Waals surface area contributed by atoms with Gasteiger partial charge in [0.1, 0.15) is 5.82 Å². The number of nitrogens with one attached hydrogen (secondary N) is 2. The van der Waals surface area contributed by atoms with Crippen LogP contribution < -0.4 is 14.3 Å². The first kappa shape index (κ1) is 23.8. The first-order valence-corrected chi connectivity index (χ1v) is 13.9. The molecule has 3 aromatic rings. The molecule has 0 aliphatic carbocycles. The summed E-state index contributed by atoms with van der Waals surface area (Å²) in [7, 11) is -4.65. The summed E-state index contributed by atoms with van der Waals surface area (Å²) in [5.41, 5.74) is 4.04. The molecule has 0 aliphatic rings. The van der Waals surface area contributed by atoms with E-state index in [1.54, 1.807) is 18.2 Å². The molecule has 32 heavy (non-hydrogen) atoms. The minimum absolute atomic E-state index is 0.520. The second-order valence-electron chi connectivity index (χ2n) is 7.84. The average molecular weight is 477 g/mol. The zero-order chi connectivity index (χ0) is 23.5. The summed E-state index contributed by atoms with van der Waals surface area (Å²) in [4.78, 5) is 6.83. The van der Waals surface area contributed by atoms with Crippen LogP contribution in [-0.4, -0.2) is 47.9 Å². The van der Waals surface area contributed by atoms with Crippen LogP contribution >= 0.6 is 0 Å². The van der Waals surface area contributed by atoms with Crippen molar-refractivity contribution in [3.05, 3.63) is 59.7 Å². The van der Waals surface area contributed by atoms with Gasteiger partial charge in [0.15, 0.2) is 0 Å². The number of rotatable bonds is 9. The zero-order valence-corrected chi connectivity index (χ0v) is 20.2. The van der Waals surface area contributed by atoms with Crippen LogP contribution in [0.15, 0.2) is 48.5 Å². The molecule has 0 amide bonds. The monoisotopic (exact) mass is 476 g/mol. The van der Waals surface area contributed by atoms with Crippen LogP contribution in [0.1, 0.15) is 18.1 Å². The fourth-order valence-electron chi connectivity index (χ4n) is 3.41. The third kappa shape index (κ3) is 6.57. The lowest BCUT2D eigenvalue weighted by molar-refractivity contribution is 0.605. The SMILES string of the molecule is CCc1cc(N(C)CCc2ccc(NS(C)(=O)=O)cc2)nc2ccc(NS(C)(=O)=O)cc12. The molecule has 1 heterocycles. The van der Waals surface area contributed by atoms with Gasteiger partial charge in [-0.2, -0.15) is 0 Å². The van der Waals surface area contributed by atoms with Gasteiger partial charge < -0.3 is 4.90 Å². The first-order valence-electron chi connectivity index (χ1n) is 10.1. The van der Waals surface area contributed by atoms with E-state index < -0.39 is 20.0 Å². The first-order chi connectivity index (χ1) is 14.9. The summed E-state index contributed by atoms with van der Waals surface area (Å²) in [6, 6.07) is 14.7. The largest absolute Gasteiger partial charge is 0.359 e. The van der Waals surface area contributed by atoms with E-state index >= 15 is 0 Å². The van der Waals surface area contributed by atoms with Crippen LogP contribution in [0.25, 0.3) is 10.9 Å². The summed E-state index contributed by atoms with van der Waals surface area (Å²) in [5, 5.41) is 0.923. The molecule has 172 valence electrons. The van der Waals surface area contributed by atoms with Gasteiger partial charge in [0.05, 0.1) is 18.0 Å². The highest BCUT2D eigenvalue weighted by Crippen LogP contribution is 2.26. The van der Waals surface area contributed by atoms with E-state index in [4.69, 9.17) is 4.98 Å². The summed E-state index contributed by atoms with van der Waals surface area (Å²) in [5.74, 6) is 0.841. The number of aryl methyl sites for hydroxylation is 1. The van der Waals surface area contributed by atoms with Gasteiger partial charge >= 0.3 is 0 Å². The number of hydrogen-bond donors (Lipinski definition) is 2. The van der Waals surface area contributed by atoms with Gasteiger partial charge in [-0.3, -0.25) is 9.44 Å². The van der Waals surface area contributed by atoms with Gasteiger partial charge in [-0.05, 0) is 60.4 Å². The Morgan fingerprint density at radius 2 is 1.47 bits per heavy atom. The molecule has 0 bridgehead atoms. The van der Waals surface area contributed by atoms with Gasteiger partial charge in [-0.15, -0.1) is 0 Å². The molecular formula is C22H28N4O4S2. The van der Waals surface area contributed by atoms with Gasteiger partial charge in [-0.1, -0.05) is 19.1 Å². The van der Waals surface area contributed by atoms with E-state index in [9.17, 15) is 16.8 Å². The van der Waals surface area contributed by atoms with E-state index in [-0.39, 0.29) is 0 Å². The fourth-order valence-corrected chi connectivity index (χ4v) is 4.53. The molecule has 0 radical (unpaired) electrons. The molecular weight excluding hydrogens is 448 g/mol. The molecule has 0 spiro atoms. The molecule has 0 atom stereocenters. The van der Waals surface area contributed by atoms with Gasteiger partial charge in [0, 0.05) is 30.4 Å². The van der Waals surface area contributed by atoms with Crippen LogP contribution in [0.4, 0.5) is 17.2 Å². The Labute approximate surface area is 189 Å². The number of nitrogens with zero attached hydrogens (tertiary/aromatic N) is 2. The number of anilines is 3. The highest BCUT2D eigenvalue weighted by atomic mass is 32.2. The van der Waals surface area contributed by atoms with Crippen molar-refractivity contribution in [2.75, 3.05) is 40.4 Å². The maximum atomic E-state index is 11.5. The van der Waals surface area contributed by atoms with E-state index in [0.29, 0.717) is 11.4 Å². The average Bonchev–Trinajstić information content (AvgIpc) is 2.70. The Hall–Kier alpha value is -2.85. The fraction of sp³-hybridized carbons (Fsp3) is 0.318. The van der Waals surface area contributed by atoms with Gasteiger partial charge in [0.25, 0.3) is 0 Å². The van der Waals surface area contributed by atoms with Crippen molar-refractivity contribution in [3.63, 3.8) is 0 Å². The number of hydrogen-bond acceptors (Lipinski definition) is 6. The molecule has 0 aliphatic heterocycles. The predicted octanol–water partition coefficient (Wildman–Crippen LogP) is 3.22. The van der Waals surface area contributed by atoms with Crippen molar-refractivity contribution in [2.45, 2.75) is 19.8 Å². The maximum Gasteiger partial charge on any atom is 0.229 e. The Bertz CT molecular complexity index is 1320. The topological polar surface area (TPSA) is 108 Å². The molecule has 2 aromatic carbocycles. The Morgan fingerprint density at radius 1 is 0.875 bits per heavy atom. The van der Waals surface area contributed by atoms with E-state index in [1.807, 2.05) is 37.4 Å². The lowest BCUT2D eigenvalue weighted by Gasteiger charge is -2.20. The number of fused-ring (bicyclic) bond motifs is 1.